The summed E-state index contributed by atoms with van der Waals surface area (Å²) in [5, 5.41) is 8.99. The van der Waals surface area contributed by atoms with Crippen LogP contribution in [0.15, 0.2) is 48.5 Å². The third kappa shape index (κ3) is 4.43. The lowest BCUT2D eigenvalue weighted by Gasteiger charge is -2.22. The number of carbonyl (C=O) groups is 1. The van der Waals surface area contributed by atoms with Crippen LogP contribution < -0.4 is 0 Å². The van der Waals surface area contributed by atoms with Gasteiger partial charge >= 0.3 is 0 Å². The summed E-state index contributed by atoms with van der Waals surface area (Å²) in [6.45, 7) is 3.79. The molecule has 0 spiro atoms. The van der Waals surface area contributed by atoms with Crippen molar-refractivity contribution in [1.82, 2.24) is 9.80 Å². The standard InChI is InChI=1S/C20H20FN3O/c21-19-7-5-16(6-8-19)15-23-9-2-10-24(12-11-23)20(25)18-4-1-3-17(13-18)14-22/h1,3-8,13H,2,9-12,15H2. The zero-order valence-corrected chi connectivity index (χ0v) is 14.0. The van der Waals surface area contributed by atoms with Gasteiger partial charge in [-0.05, 0) is 42.3 Å². The molecule has 1 aliphatic rings. The molecule has 1 amide bonds. The smallest absolute Gasteiger partial charge is 0.253 e. The van der Waals surface area contributed by atoms with E-state index in [9.17, 15) is 9.18 Å². The van der Waals surface area contributed by atoms with Crippen LogP contribution in [0.5, 0.6) is 0 Å². The van der Waals surface area contributed by atoms with Crippen LogP contribution in [-0.4, -0.2) is 41.9 Å². The molecule has 1 saturated heterocycles. The van der Waals surface area contributed by atoms with E-state index < -0.39 is 0 Å². The van der Waals surface area contributed by atoms with Gasteiger partial charge in [-0.15, -0.1) is 0 Å². The van der Waals surface area contributed by atoms with E-state index in [2.05, 4.69) is 11.0 Å². The second-order valence-corrected chi connectivity index (χ2v) is 6.24. The van der Waals surface area contributed by atoms with Crippen molar-refractivity contribution >= 4 is 5.91 Å². The monoisotopic (exact) mass is 337 g/mol. The summed E-state index contributed by atoms with van der Waals surface area (Å²) in [6, 6.07) is 15.5. The van der Waals surface area contributed by atoms with Crippen LogP contribution in [0.4, 0.5) is 4.39 Å². The van der Waals surface area contributed by atoms with Crippen molar-refractivity contribution in [2.45, 2.75) is 13.0 Å². The van der Waals surface area contributed by atoms with Crippen LogP contribution in [0.3, 0.4) is 0 Å². The van der Waals surface area contributed by atoms with E-state index in [-0.39, 0.29) is 11.7 Å². The first-order valence-electron chi connectivity index (χ1n) is 8.42. The van der Waals surface area contributed by atoms with Gasteiger partial charge in [0.2, 0.25) is 0 Å². The molecule has 0 N–H and O–H groups in total. The Labute approximate surface area is 147 Å². The van der Waals surface area contributed by atoms with E-state index in [1.807, 2.05) is 4.90 Å². The van der Waals surface area contributed by atoms with Gasteiger partial charge in [-0.1, -0.05) is 18.2 Å². The first kappa shape index (κ1) is 17.1. The molecule has 1 fully saturated rings. The van der Waals surface area contributed by atoms with Gasteiger partial charge in [0.05, 0.1) is 11.6 Å². The SMILES string of the molecule is N#Cc1cccc(C(=O)N2CCCN(Cc3ccc(F)cc3)CC2)c1. The van der Waals surface area contributed by atoms with Crippen LogP contribution in [0.1, 0.15) is 27.9 Å². The molecule has 0 radical (unpaired) electrons. The average molecular weight is 337 g/mol. The maximum Gasteiger partial charge on any atom is 0.253 e. The molecule has 1 heterocycles. The molecule has 0 aromatic heterocycles. The van der Waals surface area contributed by atoms with Gasteiger partial charge in [0.1, 0.15) is 5.82 Å². The second kappa shape index (κ2) is 7.91. The Kier molecular flexibility index (Phi) is 5.42. The molecular weight excluding hydrogens is 317 g/mol. The van der Waals surface area contributed by atoms with Gasteiger partial charge in [0, 0.05) is 38.3 Å². The number of halogens is 1. The van der Waals surface area contributed by atoms with Gasteiger partial charge in [0.15, 0.2) is 0 Å². The summed E-state index contributed by atoms with van der Waals surface area (Å²) >= 11 is 0. The Morgan fingerprint density at radius 2 is 1.88 bits per heavy atom. The third-order valence-electron chi connectivity index (χ3n) is 4.43. The van der Waals surface area contributed by atoms with Gasteiger partial charge in [-0.2, -0.15) is 5.26 Å². The first-order valence-corrected chi connectivity index (χ1v) is 8.42. The highest BCUT2D eigenvalue weighted by atomic mass is 19.1. The number of nitrogens with zero attached hydrogens (tertiary/aromatic N) is 3. The zero-order chi connectivity index (χ0) is 17.6. The lowest BCUT2D eigenvalue weighted by molar-refractivity contribution is 0.0761. The Balaban J connectivity index is 1.62. The van der Waals surface area contributed by atoms with Crippen molar-refractivity contribution in [2.24, 2.45) is 0 Å². The molecule has 0 atom stereocenters. The molecule has 0 aliphatic carbocycles. The van der Waals surface area contributed by atoms with E-state index in [1.165, 1.54) is 12.1 Å². The van der Waals surface area contributed by atoms with Crippen molar-refractivity contribution < 1.29 is 9.18 Å². The lowest BCUT2D eigenvalue weighted by Crippen LogP contribution is -2.35. The van der Waals surface area contributed by atoms with Crippen LogP contribution in [0.25, 0.3) is 0 Å². The molecule has 3 rings (SSSR count). The Bertz CT molecular complexity index is 782. The van der Waals surface area contributed by atoms with E-state index in [4.69, 9.17) is 5.26 Å². The molecule has 4 nitrogen and oxygen atoms in total. The molecule has 5 heteroatoms. The minimum atomic E-state index is -0.226. The molecule has 2 aromatic rings. The second-order valence-electron chi connectivity index (χ2n) is 6.24. The van der Waals surface area contributed by atoms with Gasteiger partial charge < -0.3 is 4.90 Å². The highest BCUT2D eigenvalue weighted by Gasteiger charge is 2.20. The summed E-state index contributed by atoms with van der Waals surface area (Å²) in [5.41, 5.74) is 2.13. The Morgan fingerprint density at radius 1 is 1.08 bits per heavy atom. The summed E-state index contributed by atoms with van der Waals surface area (Å²) in [5.74, 6) is -0.253. The molecule has 25 heavy (non-hydrogen) atoms. The fraction of sp³-hybridized carbons (Fsp3) is 0.300. The van der Waals surface area contributed by atoms with Gasteiger partial charge in [0.25, 0.3) is 5.91 Å². The average Bonchev–Trinajstić information content (AvgIpc) is 2.88. The maximum atomic E-state index is 13.0. The number of amides is 1. The molecule has 2 aromatic carbocycles. The van der Waals surface area contributed by atoms with E-state index in [0.29, 0.717) is 24.2 Å². The van der Waals surface area contributed by atoms with Crippen LogP contribution in [0.2, 0.25) is 0 Å². The number of nitriles is 1. The van der Waals surface area contributed by atoms with Crippen molar-refractivity contribution in [1.29, 1.82) is 5.26 Å². The number of hydrogen-bond acceptors (Lipinski definition) is 3. The minimum absolute atomic E-state index is 0.0271. The van der Waals surface area contributed by atoms with Crippen LogP contribution in [-0.2, 0) is 6.54 Å². The predicted molar refractivity (Wildman–Crippen MR) is 93.4 cm³/mol. The molecular formula is C20H20FN3O. The van der Waals surface area contributed by atoms with Gasteiger partial charge in [-0.25, -0.2) is 4.39 Å². The predicted octanol–water partition coefficient (Wildman–Crippen LogP) is 3.05. The number of benzene rings is 2. The molecule has 0 saturated carbocycles. The number of carbonyl (C=O) groups excluding carboxylic acids is 1. The van der Waals surface area contributed by atoms with Crippen molar-refractivity contribution in [2.75, 3.05) is 26.2 Å². The van der Waals surface area contributed by atoms with Crippen molar-refractivity contribution in [3.05, 3.63) is 71.0 Å². The largest absolute Gasteiger partial charge is 0.337 e. The van der Waals surface area contributed by atoms with Crippen molar-refractivity contribution in [3.8, 4) is 6.07 Å². The quantitative estimate of drug-likeness (QED) is 0.865. The molecule has 0 bridgehead atoms. The fourth-order valence-corrected chi connectivity index (χ4v) is 3.08. The minimum Gasteiger partial charge on any atom is -0.337 e. The summed E-state index contributed by atoms with van der Waals surface area (Å²) in [6.07, 6.45) is 0.894. The molecule has 0 unspecified atom stereocenters. The van der Waals surface area contributed by atoms with Crippen LogP contribution >= 0.6 is 0 Å². The summed E-state index contributed by atoms with van der Waals surface area (Å²) in [7, 11) is 0. The topological polar surface area (TPSA) is 47.3 Å². The van der Waals surface area contributed by atoms with Gasteiger partial charge in [-0.3, -0.25) is 9.69 Å². The van der Waals surface area contributed by atoms with E-state index >= 15 is 0 Å². The molecule has 128 valence electrons. The normalized spacial score (nSPS) is 15.4. The number of hydrogen-bond donors (Lipinski definition) is 0. The highest BCUT2D eigenvalue weighted by Crippen LogP contribution is 2.13. The van der Waals surface area contributed by atoms with E-state index in [1.54, 1.807) is 36.4 Å². The summed E-state index contributed by atoms with van der Waals surface area (Å²) < 4.78 is 13.0. The van der Waals surface area contributed by atoms with Crippen molar-refractivity contribution in [3.63, 3.8) is 0 Å². The highest BCUT2D eigenvalue weighted by molar-refractivity contribution is 5.94. The summed E-state index contributed by atoms with van der Waals surface area (Å²) in [4.78, 5) is 16.8. The zero-order valence-electron chi connectivity index (χ0n) is 14.0. The molecule has 1 aliphatic heterocycles. The fourth-order valence-electron chi connectivity index (χ4n) is 3.08. The Morgan fingerprint density at radius 3 is 2.64 bits per heavy atom. The van der Waals surface area contributed by atoms with E-state index in [0.717, 1.165) is 31.6 Å². The Hall–Kier alpha value is -2.71. The van der Waals surface area contributed by atoms with Crippen LogP contribution in [0, 0.1) is 17.1 Å². The lowest BCUT2D eigenvalue weighted by atomic mass is 10.1. The third-order valence-corrected chi connectivity index (χ3v) is 4.43. The maximum absolute atomic E-state index is 13.0. The first-order chi connectivity index (χ1) is 12.2. The number of rotatable bonds is 3.